The van der Waals surface area contributed by atoms with Crippen LogP contribution in [-0.2, 0) is 4.74 Å². The van der Waals surface area contributed by atoms with Gasteiger partial charge in [-0.05, 0) is 50.6 Å². The molecule has 0 unspecified atom stereocenters. The number of rotatable bonds is 4. The van der Waals surface area contributed by atoms with E-state index in [0.29, 0.717) is 29.4 Å². The van der Waals surface area contributed by atoms with E-state index in [1.165, 1.54) is 0 Å². The van der Waals surface area contributed by atoms with Crippen molar-refractivity contribution in [3.8, 4) is 11.5 Å². The van der Waals surface area contributed by atoms with Gasteiger partial charge in [0.1, 0.15) is 5.75 Å². The molecule has 0 aliphatic heterocycles. The second kappa shape index (κ2) is 6.31. The van der Waals surface area contributed by atoms with Gasteiger partial charge >= 0.3 is 5.97 Å². The van der Waals surface area contributed by atoms with Gasteiger partial charge in [-0.25, -0.2) is 4.79 Å². The molecule has 0 fully saturated rings. The van der Waals surface area contributed by atoms with Gasteiger partial charge in [0.2, 0.25) is 0 Å². The quantitative estimate of drug-likeness (QED) is 0.684. The van der Waals surface area contributed by atoms with E-state index in [2.05, 4.69) is 0 Å². The van der Waals surface area contributed by atoms with Crippen molar-refractivity contribution in [3.05, 3.63) is 53.1 Å². The summed E-state index contributed by atoms with van der Waals surface area (Å²) in [6.45, 7) is 6.08. The second-order valence-electron chi connectivity index (χ2n) is 4.84. The first kappa shape index (κ1) is 14.9. The van der Waals surface area contributed by atoms with E-state index in [4.69, 9.17) is 15.2 Å². The summed E-state index contributed by atoms with van der Waals surface area (Å²) < 4.78 is 10.8. The van der Waals surface area contributed by atoms with Crippen LogP contribution in [0.5, 0.6) is 11.5 Å². The number of anilines is 1. The summed E-state index contributed by atoms with van der Waals surface area (Å²) in [5.74, 6) is 0.781. The van der Waals surface area contributed by atoms with Crippen LogP contribution in [0.2, 0.25) is 0 Å². The summed E-state index contributed by atoms with van der Waals surface area (Å²) >= 11 is 0. The van der Waals surface area contributed by atoms with Crippen LogP contribution < -0.4 is 10.5 Å². The number of hydrogen-bond acceptors (Lipinski definition) is 4. The summed E-state index contributed by atoms with van der Waals surface area (Å²) in [7, 11) is 0. The first-order valence-corrected chi connectivity index (χ1v) is 6.83. The van der Waals surface area contributed by atoms with Gasteiger partial charge in [0.15, 0.2) is 5.75 Å². The van der Waals surface area contributed by atoms with Gasteiger partial charge in [-0.15, -0.1) is 0 Å². The van der Waals surface area contributed by atoms with Gasteiger partial charge in [-0.1, -0.05) is 17.7 Å². The Morgan fingerprint density at radius 3 is 2.52 bits per heavy atom. The lowest BCUT2D eigenvalue weighted by atomic mass is 10.1. The largest absolute Gasteiger partial charge is 0.462 e. The predicted octanol–water partition coefficient (Wildman–Crippen LogP) is 3.85. The number of carbonyl (C=O) groups is 1. The highest BCUT2D eigenvalue weighted by atomic mass is 16.5. The zero-order valence-corrected chi connectivity index (χ0v) is 12.5. The van der Waals surface area contributed by atoms with Crippen molar-refractivity contribution >= 4 is 11.7 Å². The zero-order chi connectivity index (χ0) is 15.4. The molecule has 4 heteroatoms. The molecule has 0 atom stereocenters. The van der Waals surface area contributed by atoms with Crippen molar-refractivity contribution in [2.24, 2.45) is 0 Å². The predicted molar refractivity (Wildman–Crippen MR) is 82.8 cm³/mol. The van der Waals surface area contributed by atoms with Crippen LogP contribution in [0, 0.1) is 13.8 Å². The summed E-state index contributed by atoms with van der Waals surface area (Å²) in [6.07, 6.45) is 0. The smallest absolute Gasteiger partial charge is 0.338 e. The van der Waals surface area contributed by atoms with Crippen molar-refractivity contribution in [1.29, 1.82) is 0 Å². The number of carbonyl (C=O) groups excluding carboxylic acids is 1. The molecule has 0 aliphatic carbocycles. The Morgan fingerprint density at radius 1 is 1.10 bits per heavy atom. The molecule has 21 heavy (non-hydrogen) atoms. The number of nitrogen functional groups attached to an aromatic ring is 1. The molecule has 0 aliphatic rings. The Balaban J connectivity index is 2.30. The monoisotopic (exact) mass is 285 g/mol. The minimum Gasteiger partial charge on any atom is -0.462 e. The average molecular weight is 285 g/mol. The Morgan fingerprint density at radius 2 is 1.86 bits per heavy atom. The molecular weight excluding hydrogens is 266 g/mol. The first-order valence-electron chi connectivity index (χ1n) is 6.83. The van der Waals surface area contributed by atoms with Crippen LogP contribution in [0.1, 0.15) is 28.4 Å². The van der Waals surface area contributed by atoms with Gasteiger partial charge in [0, 0.05) is 0 Å². The first-order chi connectivity index (χ1) is 10.0. The molecule has 110 valence electrons. The molecule has 0 aromatic heterocycles. The number of esters is 1. The molecule has 2 aromatic rings. The maximum atomic E-state index is 11.8. The molecule has 2 N–H and O–H groups in total. The number of benzene rings is 2. The summed E-state index contributed by atoms with van der Waals surface area (Å²) in [5.41, 5.74) is 8.98. The van der Waals surface area contributed by atoms with Crippen LogP contribution in [-0.4, -0.2) is 12.6 Å². The Kier molecular flexibility index (Phi) is 4.48. The normalized spacial score (nSPS) is 10.2. The summed E-state index contributed by atoms with van der Waals surface area (Å²) in [5, 5.41) is 0. The molecule has 2 rings (SSSR count). The summed E-state index contributed by atoms with van der Waals surface area (Å²) in [4.78, 5) is 11.8. The molecule has 4 nitrogen and oxygen atoms in total. The highest BCUT2D eigenvalue weighted by Gasteiger charge is 2.11. The Bertz CT molecular complexity index is 665. The molecule has 2 aromatic carbocycles. The minimum absolute atomic E-state index is 0.330. The van der Waals surface area contributed by atoms with E-state index < -0.39 is 0 Å². The van der Waals surface area contributed by atoms with E-state index in [-0.39, 0.29) is 5.97 Å². The molecule has 0 spiro atoms. The van der Waals surface area contributed by atoms with Gasteiger partial charge < -0.3 is 15.2 Å². The van der Waals surface area contributed by atoms with Crippen molar-refractivity contribution < 1.29 is 14.3 Å². The lowest BCUT2D eigenvalue weighted by molar-refractivity contribution is 0.0526. The molecule has 0 amide bonds. The van der Waals surface area contributed by atoms with Crippen LogP contribution in [0.3, 0.4) is 0 Å². The molecule has 0 heterocycles. The number of nitrogens with two attached hydrogens (primary N) is 1. The molecule has 0 saturated carbocycles. The fourth-order valence-electron chi connectivity index (χ4n) is 2.00. The van der Waals surface area contributed by atoms with Gasteiger partial charge in [0.25, 0.3) is 0 Å². The standard InChI is InChI=1S/C17H19NO3/c1-4-20-17(19)13-6-7-14(18)16(10-13)21-15-8-5-11(2)9-12(15)3/h5-10H,4,18H2,1-3H3. The van der Waals surface area contributed by atoms with E-state index in [0.717, 1.165) is 11.1 Å². The van der Waals surface area contributed by atoms with E-state index in [1.54, 1.807) is 25.1 Å². The van der Waals surface area contributed by atoms with E-state index >= 15 is 0 Å². The fraction of sp³-hybridized carbons (Fsp3) is 0.235. The third-order valence-corrected chi connectivity index (χ3v) is 3.08. The SMILES string of the molecule is CCOC(=O)c1ccc(N)c(Oc2ccc(C)cc2C)c1. The molecular formula is C17H19NO3. The lowest BCUT2D eigenvalue weighted by Crippen LogP contribution is -2.05. The van der Waals surface area contributed by atoms with Crippen molar-refractivity contribution in [3.63, 3.8) is 0 Å². The van der Waals surface area contributed by atoms with Crippen LogP contribution >= 0.6 is 0 Å². The van der Waals surface area contributed by atoms with Crippen LogP contribution in [0.4, 0.5) is 5.69 Å². The molecule has 0 radical (unpaired) electrons. The van der Waals surface area contributed by atoms with Crippen molar-refractivity contribution in [1.82, 2.24) is 0 Å². The third-order valence-electron chi connectivity index (χ3n) is 3.08. The van der Waals surface area contributed by atoms with Gasteiger partial charge in [0.05, 0.1) is 17.9 Å². The van der Waals surface area contributed by atoms with E-state index in [1.807, 2.05) is 32.0 Å². The number of aryl methyl sites for hydroxylation is 2. The molecule has 0 saturated heterocycles. The highest BCUT2D eigenvalue weighted by Crippen LogP contribution is 2.31. The summed E-state index contributed by atoms with van der Waals surface area (Å²) in [6, 6.07) is 10.8. The van der Waals surface area contributed by atoms with E-state index in [9.17, 15) is 4.79 Å². The van der Waals surface area contributed by atoms with Crippen LogP contribution in [0.25, 0.3) is 0 Å². The zero-order valence-electron chi connectivity index (χ0n) is 12.5. The topological polar surface area (TPSA) is 61.5 Å². The van der Waals surface area contributed by atoms with Crippen molar-refractivity contribution in [2.75, 3.05) is 12.3 Å². The minimum atomic E-state index is -0.386. The lowest BCUT2D eigenvalue weighted by Gasteiger charge is -2.12. The second-order valence-corrected chi connectivity index (χ2v) is 4.84. The maximum Gasteiger partial charge on any atom is 0.338 e. The number of hydrogen-bond donors (Lipinski definition) is 1. The fourth-order valence-corrected chi connectivity index (χ4v) is 2.00. The van der Waals surface area contributed by atoms with Crippen molar-refractivity contribution in [2.45, 2.75) is 20.8 Å². The number of ether oxygens (including phenoxy) is 2. The van der Waals surface area contributed by atoms with Gasteiger partial charge in [-0.2, -0.15) is 0 Å². The van der Waals surface area contributed by atoms with Crippen LogP contribution in [0.15, 0.2) is 36.4 Å². The highest BCUT2D eigenvalue weighted by molar-refractivity contribution is 5.90. The maximum absolute atomic E-state index is 11.8. The Hall–Kier alpha value is -2.49. The average Bonchev–Trinajstić information content (AvgIpc) is 2.44. The molecule has 0 bridgehead atoms. The van der Waals surface area contributed by atoms with Gasteiger partial charge in [-0.3, -0.25) is 0 Å². The Labute approximate surface area is 124 Å². The third kappa shape index (κ3) is 3.54.